The van der Waals surface area contributed by atoms with Gasteiger partial charge in [-0.05, 0) is 31.2 Å². The molecule has 0 aliphatic carbocycles. The summed E-state index contributed by atoms with van der Waals surface area (Å²) in [4.78, 5) is 5.50. The summed E-state index contributed by atoms with van der Waals surface area (Å²) >= 11 is 1.75. The first-order valence-corrected chi connectivity index (χ1v) is 9.89. The van der Waals surface area contributed by atoms with E-state index in [0.29, 0.717) is 13.1 Å². The summed E-state index contributed by atoms with van der Waals surface area (Å²) < 4.78 is 24.6. The van der Waals surface area contributed by atoms with Gasteiger partial charge in [0.25, 0.3) is 0 Å². The predicted octanol–water partition coefficient (Wildman–Crippen LogP) is 1.75. The minimum Gasteiger partial charge on any atom is -0.356 e. The summed E-state index contributed by atoms with van der Waals surface area (Å²) in [5.41, 5.74) is 0. The average molecular weight is 474 g/mol. The highest BCUT2D eigenvalue weighted by Crippen LogP contribution is 2.07. The van der Waals surface area contributed by atoms with Gasteiger partial charge in [-0.15, -0.1) is 35.3 Å². The fraction of sp³-hybridized carbons (Fsp3) is 0.643. The van der Waals surface area contributed by atoms with Gasteiger partial charge in [0.2, 0.25) is 10.0 Å². The molecular formula is C14H27IN4O2S2. The molecule has 0 saturated heterocycles. The molecular weight excluding hydrogens is 447 g/mol. The lowest BCUT2D eigenvalue weighted by molar-refractivity contribution is 0.461. The maximum Gasteiger partial charge on any atom is 0.213 e. The zero-order chi connectivity index (χ0) is 16.4. The van der Waals surface area contributed by atoms with Crippen LogP contribution in [0.3, 0.4) is 0 Å². The summed E-state index contributed by atoms with van der Waals surface area (Å²) in [5.74, 6) is 0.889. The molecule has 1 rings (SSSR count). The van der Waals surface area contributed by atoms with Gasteiger partial charge in [0.05, 0.1) is 5.75 Å². The van der Waals surface area contributed by atoms with Gasteiger partial charge in [-0.2, -0.15) is 0 Å². The molecule has 0 spiro atoms. The van der Waals surface area contributed by atoms with Crippen molar-refractivity contribution in [1.82, 2.24) is 14.9 Å². The van der Waals surface area contributed by atoms with Crippen molar-refractivity contribution in [1.29, 1.82) is 0 Å². The smallest absolute Gasteiger partial charge is 0.213 e. The maximum absolute atomic E-state index is 11.6. The first-order valence-electron chi connectivity index (χ1n) is 7.40. The van der Waals surface area contributed by atoms with Crippen molar-refractivity contribution in [2.45, 2.75) is 19.8 Å². The van der Waals surface area contributed by atoms with Gasteiger partial charge in [-0.25, -0.2) is 12.7 Å². The van der Waals surface area contributed by atoms with E-state index < -0.39 is 10.0 Å². The van der Waals surface area contributed by atoms with E-state index in [1.54, 1.807) is 32.4 Å². The number of hydrogen-bond acceptors (Lipinski definition) is 4. The number of aliphatic imine (C=N–C) groups is 1. The highest BCUT2D eigenvalue weighted by Gasteiger charge is 2.13. The molecule has 0 fully saturated rings. The number of halogens is 1. The van der Waals surface area contributed by atoms with Gasteiger partial charge in [0, 0.05) is 38.6 Å². The minimum absolute atomic E-state index is 0. The molecule has 23 heavy (non-hydrogen) atoms. The Labute approximate surface area is 160 Å². The van der Waals surface area contributed by atoms with Crippen LogP contribution in [0, 0.1) is 0 Å². The summed E-state index contributed by atoms with van der Waals surface area (Å²) in [7, 11) is 0.265. The lowest BCUT2D eigenvalue weighted by Gasteiger charge is -2.16. The van der Waals surface area contributed by atoms with Gasteiger partial charge < -0.3 is 10.6 Å². The zero-order valence-corrected chi connectivity index (χ0v) is 17.9. The fourth-order valence-corrected chi connectivity index (χ4v) is 3.40. The van der Waals surface area contributed by atoms with E-state index in [1.165, 1.54) is 9.18 Å². The summed E-state index contributed by atoms with van der Waals surface area (Å²) in [6.07, 6.45) is 1.71. The van der Waals surface area contributed by atoms with E-state index in [4.69, 9.17) is 0 Å². The molecule has 0 bridgehead atoms. The Balaban J connectivity index is 0.00000484. The molecule has 0 radical (unpaired) electrons. The van der Waals surface area contributed by atoms with Crippen LogP contribution in [-0.4, -0.2) is 58.2 Å². The lowest BCUT2D eigenvalue weighted by atomic mass is 10.3. The molecule has 9 heteroatoms. The van der Waals surface area contributed by atoms with Crippen LogP contribution in [0.5, 0.6) is 0 Å². The van der Waals surface area contributed by atoms with Crippen LogP contribution in [0.25, 0.3) is 0 Å². The van der Waals surface area contributed by atoms with Crippen LogP contribution in [0.2, 0.25) is 0 Å². The van der Waals surface area contributed by atoms with Gasteiger partial charge in [0.15, 0.2) is 5.96 Å². The Morgan fingerprint density at radius 2 is 2.04 bits per heavy atom. The number of thiophene rings is 1. The molecule has 0 aliphatic heterocycles. The summed E-state index contributed by atoms with van der Waals surface area (Å²) in [6, 6.07) is 4.17. The number of nitrogens with one attached hydrogen (secondary N) is 2. The second kappa shape index (κ2) is 12.0. The molecule has 2 N–H and O–H groups in total. The number of hydrogen-bond donors (Lipinski definition) is 2. The molecule has 6 nitrogen and oxygen atoms in total. The molecule has 0 aliphatic rings. The largest absolute Gasteiger partial charge is 0.356 e. The van der Waals surface area contributed by atoms with E-state index in [-0.39, 0.29) is 29.7 Å². The van der Waals surface area contributed by atoms with Crippen molar-refractivity contribution in [3.05, 3.63) is 22.4 Å². The SMILES string of the molecule is CCS(=O)(=O)N(C)CCCNC(=NC)NCCc1cccs1.I. The number of nitrogens with zero attached hydrogens (tertiary/aromatic N) is 2. The predicted molar refractivity (Wildman–Crippen MR) is 110 cm³/mol. The van der Waals surface area contributed by atoms with E-state index >= 15 is 0 Å². The fourth-order valence-electron chi connectivity index (χ4n) is 1.85. The molecule has 1 aromatic rings. The number of guanidine groups is 1. The molecule has 0 unspecified atom stereocenters. The van der Waals surface area contributed by atoms with Crippen molar-refractivity contribution < 1.29 is 8.42 Å². The monoisotopic (exact) mass is 474 g/mol. The summed E-state index contributed by atoms with van der Waals surface area (Å²) in [5, 5.41) is 8.52. The van der Waals surface area contributed by atoms with Crippen molar-refractivity contribution in [2.75, 3.05) is 39.5 Å². The van der Waals surface area contributed by atoms with Crippen LogP contribution >= 0.6 is 35.3 Å². The molecule has 1 heterocycles. The Morgan fingerprint density at radius 3 is 2.61 bits per heavy atom. The Hall–Kier alpha value is -0.390. The third-order valence-corrected chi connectivity index (χ3v) is 6.05. The normalized spacial score (nSPS) is 12.1. The van der Waals surface area contributed by atoms with E-state index in [9.17, 15) is 8.42 Å². The zero-order valence-electron chi connectivity index (χ0n) is 13.9. The van der Waals surface area contributed by atoms with Crippen LogP contribution in [0.15, 0.2) is 22.5 Å². The third kappa shape index (κ3) is 8.87. The third-order valence-electron chi connectivity index (χ3n) is 3.25. The van der Waals surface area contributed by atoms with Gasteiger partial charge in [-0.3, -0.25) is 4.99 Å². The van der Waals surface area contributed by atoms with Gasteiger partial charge in [-0.1, -0.05) is 6.07 Å². The van der Waals surface area contributed by atoms with E-state index in [0.717, 1.165) is 25.3 Å². The molecule has 1 aromatic heterocycles. The van der Waals surface area contributed by atoms with E-state index in [2.05, 4.69) is 27.1 Å². The first kappa shape index (κ1) is 22.6. The molecule has 0 amide bonds. The van der Waals surface area contributed by atoms with Gasteiger partial charge in [0.1, 0.15) is 0 Å². The minimum atomic E-state index is -3.08. The van der Waals surface area contributed by atoms with Crippen molar-refractivity contribution >= 4 is 51.3 Å². The van der Waals surface area contributed by atoms with Crippen LogP contribution in [0.1, 0.15) is 18.2 Å². The topological polar surface area (TPSA) is 73.8 Å². The van der Waals surface area contributed by atoms with Crippen molar-refractivity contribution in [3.8, 4) is 0 Å². The standard InChI is InChI=1S/C14H26N4O2S2.HI/c1-4-22(19,20)18(3)11-6-9-16-14(15-2)17-10-8-13-7-5-12-21-13;/h5,7,12H,4,6,8-11H2,1-3H3,(H2,15,16,17);1H. The maximum atomic E-state index is 11.6. The first-order chi connectivity index (χ1) is 10.5. The number of rotatable bonds is 9. The molecule has 134 valence electrons. The molecule has 0 saturated carbocycles. The van der Waals surface area contributed by atoms with Crippen LogP contribution in [0.4, 0.5) is 0 Å². The second-order valence-corrected chi connectivity index (χ2v) is 8.23. The molecule has 0 atom stereocenters. The van der Waals surface area contributed by atoms with E-state index in [1.807, 2.05) is 6.07 Å². The highest BCUT2D eigenvalue weighted by molar-refractivity contribution is 14.0. The lowest BCUT2D eigenvalue weighted by Crippen LogP contribution is -2.39. The van der Waals surface area contributed by atoms with Crippen molar-refractivity contribution in [3.63, 3.8) is 0 Å². The van der Waals surface area contributed by atoms with Crippen LogP contribution < -0.4 is 10.6 Å². The second-order valence-electron chi connectivity index (χ2n) is 4.83. The number of sulfonamides is 1. The average Bonchev–Trinajstić information content (AvgIpc) is 3.02. The Bertz CT molecular complexity index is 547. The Kier molecular flexibility index (Phi) is 11.8. The Morgan fingerprint density at radius 1 is 1.35 bits per heavy atom. The molecule has 0 aromatic carbocycles. The quantitative estimate of drug-likeness (QED) is 0.248. The summed E-state index contributed by atoms with van der Waals surface area (Å²) in [6.45, 7) is 3.67. The van der Waals surface area contributed by atoms with Crippen LogP contribution in [-0.2, 0) is 16.4 Å². The highest BCUT2D eigenvalue weighted by atomic mass is 127. The van der Waals surface area contributed by atoms with Gasteiger partial charge >= 0.3 is 0 Å². The van der Waals surface area contributed by atoms with Crippen molar-refractivity contribution in [2.24, 2.45) is 4.99 Å².